The summed E-state index contributed by atoms with van der Waals surface area (Å²) in [4.78, 5) is 0. The molecule has 6 aromatic carbocycles. The van der Waals surface area contributed by atoms with Gasteiger partial charge in [-0.05, 0) is 95.3 Å². The minimum atomic E-state index is 1.09. The van der Waals surface area contributed by atoms with Crippen molar-refractivity contribution in [3.8, 4) is 22.3 Å². The molecule has 186 valence electrons. The first-order chi connectivity index (χ1) is 18.6. The highest BCUT2D eigenvalue weighted by molar-refractivity contribution is 5.90. The Hall–Kier alpha value is -4.62. The fourth-order valence-corrected chi connectivity index (χ4v) is 4.71. The van der Waals surface area contributed by atoms with Crippen LogP contribution in [0.2, 0.25) is 0 Å². The lowest BCUT2D eigenvalue weighted by Gasteiger charge is -2.14. The second kappa shape index (κ2) is 11.6. The zero-order valence-corrected chi connectivity index (χ0v) is 22.3. The van der Waals surface area contributed by atoms with E-state index in [2.05, 4.69) is 141 Å². The predicted octanol–water partition coefficient (Wildman–Crippen LogP) is 10.5. The summed E-state index contributed by atoms with van der Waals surface area (Å²) in [6, 6.07) is 49.1. The number of nitrogens with one attached hydrogen (secondary N) is 1. The van der Waals surface area contributed by atoms with Crippen LogP contribution in [0.1, 0.15) is 16.7 Å². The molecule has 0 fully saturated rings. The largest absolute Gasteiger partial charge is 0.356 e. The van der Waals surface area contributed by atoms with Crippen LogP contribution in [-0.2, 0) is 0 Å². The van der Waals surface area contributed by atoms with E-state index in [4.69, 9.17) is 0 Å². The zero-order valence-electron chi connectivity index (χ0n) is 22.3. The molecule has 0 aliphatic rings. The van der Waals surface area contributed by atoms with Gasteiger partial charge in [0.15, 0.2) is 0 Å². The highest BCUT2D eigenvalue weighted by Gasteiger charge is 2.09. The molecule has 1 nitrogen and oxygen atoms in total. The number of rotatable bonds is 4. The second-order valence-corrected chi connectivity index (χ2v) is 9.77. The molecular weight excluding hydrogens is 458 g/mol. The van der Waals surface area contributed by atoms with Crippen LogP contribution in [0, 0.1) is 20.8 Å². The summed E-state index contributed by atoms with van der Waals surface area (Å²) in [6.45, 7) is 6.46. The van der Waals surface area contributed by atoms with Crippen molar-refractivity contribution < 1.29 is 0 Å². The molecule has 0 heterocycles. The summed E-state index contributed by atoms with van der Waals surface area (Å²) in [7, 11) is 0. The lowest BCUT2D eigenvalue weighted by Crippen LogP contribution is -1.94. The van der Waals surface area contributed by atoms with Gasteiger partial charge in [-0.15, -0.1) is 0 Å². The van der Waals surface area contributed by atoms with Gasteiger partial charge in [0.25, 0.3) is 0 Å². The Labute approximate surface area is 226 Å². The zero-order chi connectivity index (χ0) is 26.3. The van der Waals surface area contributed by atoms with Crippen molar-refractivity contribution in [1.29, 1.82) is 0 Å². The normalized spacial score (nSPS) is 10.5. The van der Waals surface area contributed by atoms with Crippen LogP contribution in [0.25, 0.3) is 33.0 Å². The summed E-state index contributed by atoms with van der Waals surface area (Å²) < 4.78 is 0. The van der Waals surface area contributed by atoms with Crippen LogP contribution >= 0.6 is 0 Å². The number of anilines is 2. The number of fused-ring (bicyclic) bond motifs is 1. The van der Waals surface area contributed by atoms with Crippen molar-refractivity contribution in [3.05, 3.63) is 156 Å². The summed E-state index contributed by atoms with van der Waals surface area (Å²) in [5.74, 6) is 0. The third-order valence-corrected chi connectivity index (χ3v) is 6.84. The van der Waals surface area contributed by atoms with Gasteiger partial charge in [0.2, 0.25) is 0 Å². The third kappa shape index (κ3) is 6.02. The average molecular weight is 492 g/mol. The maximum Gasteiger partial charge on any atom is 0.0390 e. The fraction of sp³-hybridized carbons (Fsp3) is 0.0811. The molecule has 0 unspecified atom stereocenters. The molecule has 0 amide bonds. The van der Waals surface area contributed by atoms with Crippen LogP contribution in [-0.4, -0.2) is 0 Å². The van der Waals surface area contributed by atoms with Gasteiger partial charge in [-0.2, -0.15) is 0 Å². The van der Waals surface area contributed by atoms with E-state index < -0.39 is 0 Å². The molecule has 1 heteroatoms. The molecule has 0 saturated carbocycles. The Kier molecular flexibility index (Phi) is 7.66. The molecule has 0 aliphatic carbocycles. The highest BCUT2D eigenvalue weighted by Crippen LogP contribution is 2.33. The number of benzene rings is 6. The van der Waals surface area contributed by atoms with Gasteiger partial charge in [-0.3, -0.25) is 0 Å². The van der Waals surface area contributed by atoms with E-state index in [-0.39, 0.29) is 0 Å². The van der Waals surface area contributed by atoms with E-state index in [1.165, 1.54) is 49.7 Å². The van der Waals surface area contributed by atoms with Crippen LogP contribution in [0.3, 0.4) is 0 Å². The molecule has 6 aromatic rings. The van der Waals surface area contributed by atoms with Crippen LogP contribution in [0.4, 0.5) is 11.4 Å². The molecule has 0 saturated heterocycles. The third-order valence-electron chi connectivity index (χ3n) is 6.84. The van der Waals surface area contributed by atoms with Crippen molar-refractivity contribution in [2.75, 3.05) is 5.32 Å². The second-order valence-electron chi connectivity index (χ2n) is 9.77. The summed E-state index contributed by atoms with van der Waals surface area (Å²) in [6.07, 6.45) is 0. The number of hydrogen-bond acceptors (Lipinski definition) is 1. The molecule has 0 bridgehead atoms. The van der Waals surface area contributed by atoms with Crippen molar-refractivity contribution in [1.82, 2.24) is 0 Å². The van der Waals surface area contributed by atoms with Crippen LogP contribution in [0.15, 0.2) is 140 Å². The fourth-order valence-electron chi connectivity index (χ4n) is 4.71. The quantitative estimate of drug-likeness (QED) is 0.259. The van der Waals surface area contributed by atoms with Gasteiger partial charge in [0, 0.05) is 11.4 Å². The van der Waals surface area contributed by atoms with Crippen molar-refractivity contribution >= 4 is 22.1 Å². The van der Waals surface area contributed by atoms with Crippen LogP contribution in [0.5, 0.6) is 0 Å². The van der Waals surface area contributed by atoms with Gasteiger partial charge in [0.05, 0.1) is 0 Å². The maximum absolute atomic E-state index is 3.58. The SMILES string of the molecule is Cc1ccc(Nc2ccc(-c3ccccc3)cc2)cc1-c1cc2ccccc2cc1C.Cc1ccccc1. The molecule has 1 N–H and O–H groups in total. The van der Waals surface area contributed by atoms with Crippen molar-refractivity contribution in [2.24, 2.45) is 0 Å². The van der Waals surface area contributed by atoms with E-state index in [9.17, 15) is 0 Å². The first-order valence-electron chi connectivity index (χ1n) is 13.1. The van der Waals surface area contributed by atoms with Gasteiger partial charge in [-0.25, -0.2) is 0 Å². The molecule has 0 radical (unpaired) electrons. The number of hydrogen-bond donors (Lipinski definition) is 1. The standard InChI is InChI=1S/C30H25N.C7H8/c1-21-12-15-28(31-27-16-13-24(14-17-27)23-8-4-3-5-9-23)20-30(21)29-19-26-11-7-6-10-25(26)18-22(29)2;1-7-5-3-2-4-6-7/h3-20,31H,1-2H3;2-6H,1H3. The Balaban J connectivity index is 0.000000366. The smallest absolute Gasteiger partial charge is 0.0390 e. The minimum Gasteiger partial charge on any atom is -0.356 e. The lowest BCUT2D eigenvalue weighted by atomic mass is 9.93. The summed E-state index contributed by atoms with van der Waals surface area (Å²) in [5.41, 5.74) is 11.1. The van der Waals surface area contributed by atoms with Crippen LogP contribution < -0.4 is 5.32 Å². The Morgan fingerprint density at radius 2 is 0.921 bits per heavy atom. The Morgan fingerprint density at radius 3 is 1.55 bits per heavy atom. The molecular formula is C37H33N. The van der Waals surface area contributed by atoms with Gasteiger partial charge in [0.1, 0.15) is 0 Å². The first kappa shape index (κ1) is 25.0. The molecule has 0 aliphatic heterocycles. The molecule has 6 rings (SSSR count). The first-order valence-corrected chi connectivity index (χ1v) is 13.1. The van der Waals surface area contributed by atoms with Gasteiger partial charge < -0.3 is 5.32 Å². The van der Waals surface area contributed by atoms with E-state index >= 15 is 0 Å². The van der Waals surface area contributed by atoms with E-state index in [0.29, 0.717) is 0 Å². The number of aryl methyl sites for hydroxylation is 3. The van der Waals surface area contributed by atoms with E-state index in [1.807, 2.05) is 24.3 Å². The van der Waals surface area contributed by atoms with Gasteiger partial charge >= 0.3 is 0 Å². The lowest BCUT2D eigenvalue weighted by molar-refractivity contribution is 1.41. The Bertz CT molecular complexity index is 1630. The minimum absolute atomic E-state index is 1.09. The average Bonchev–Trinajstić information content (AvgIpc) is 2.95. The molecule has 0 spiro atoms. The molecule has 0 aromatic heterocycles. The van der Waals surface area contributed by atoms with E-state index in [0.717, 1.165) is 11.4 Å². The predicted molar refractivity (Wildman–Crippen MR) is 165 cm³/mol. The van der Waals surface area contributed by atoms with Crippen molar-refractivity contribution in [3.63, 3.8) is 0 Å². The maximum atomic E-state index is 3.58. The summed E-state index contributed by atoms with van der Waals surface area (Å²) >= 11 is 0. The van der Waals surface area contributed by atoms with E-state index in [1.54, 1.807) is 0 Å². The molecule has 0 atom stereocenters. The highest BCUT2D eigenvalue weighted by atomic mass is 14.9. The van der Waals surface area contributed by atoms with Gasteiger partial charge in [-0.1, -0.05) is 115 Å². The molecule has 38 heavy (non-hydrogen) atoms. The summed E-state index contributed by atoms with van der Waals surface area (Å²) in [5, 5.41) is 6.14. The monoisotopic (exact) mass is 491 g/mol. The Morgan fingerprint density at radius 1 is 0.395 bits per heavy atom. The topological polar surface area (TPSA) is 12.0 Å². The van der Waals surface area contributed by atoms with Crippen molar-refractivity contribution in [2.45, 2.75) is 20.8 Å².